The minimum Gasteiger partial charge on any atom is -0.548 e. The zero-order chi connectivity index (χ0) is 8.27. The fourth-order valence-corrected chi connectivity index (χ4v) is 1.06. The van der Waals surface area contributed by atoms with Crippen LogP contribution in [0.15, 0.2) is 0 Å². The van der Waals surface area contributed by atoms with E-state index in [4.69, 9.17) is 4.74 Å². The van der Waals surface area contributed by atoms with Crippen molar-refractivity contribution in [2.45, 2.75) is 12.5 Å². The van der Waals surface area contributed by atoms with Gasteiger partial charge in [0.05, 0.1) is 12.0 Å². The van der Waals surface area contributed by atoms with Gasteiger partial charge in [0.15, 0.2) is 0 Å². The van der Waals surface area contributed by atoms with E-state index in [1.165, 1.54) is 0 Å². The first-order valence-electron chi connectivity index (χ1n) is 3.69. The third-order valence-electron chi connectivity index (χ3n) is 1.78. The summed E-state index contributed by atoms with van der Waals surface area (Å²) in [6.45, 7) is 2.13. The van der Waals surface area contributed by atoms with Gasteiger partial charge in [-0.15, -0.1) is 0 Å². The summed E-state index contributed by atoms with van der Waals surface area (Å²) in [5.74, 6) is -0.956. The van der Waals surface area contributed by atoms with E-state index in [2.05, 4.69) is 0 Å². The van der Waals surface area contributed by atoms with Crippen molar-refractivity contribution >= 4 is 5.97 Å². The van der Waals surface area contributed by atoms with Gasteiger partial charge in [0, 0.05) is 26.8 Å². The number of carbonyl (C=O) groups is 1. The maximum Gasteiger partial charge on any atom is 1.00 e. The van der Waals surface area contributed by atoms with E-state index in [1.807, 2.05) is 4.90 Å². The molecule has 1 rings (SSSR count). The third kappa shape index (κ3) is 3.59. The smallest absolute Gasteiger partial charge is 0.548 e. The molecular formula is C7H12LiNO3. The molecule has 0 amide bonds. The second kappa shape index (κ2) is 5.60. The summed E-state index contributed by atoms with van der Waals surface area (Å²) in [5.41, 5.74) is 0. The Morgan fingerprint density at radius 2 is 2.42 bits per heavy atom. The molecule has 2 atom stereocenters. The Hall–Kier alpha value is -0.0126. The molecule has 1 heterocycles. The van der Waals surface area contributed by atoms with Crippen molar-refractivity contribution in [3.8, 4) is 0 Å². The Morgan fingerprint density at radius 1 is 1.75 bits per heavy atom. The van der Waals surface area contributed by atoms with Crippen LogP contribution in [0.5, 0.6) is 0 Å². The zero-order valence-corrected chi connectivity index (χ0v) is 7.58. The fraction of sp³-hybridized carbons (Fsp3) is 0.857. The van der Waals surface area contributed by atoms with E-state index in [-0.39, 0.29) is 24.9 Å². The number of rotatable bonds is 5. The third-order valence-corrected chi connectivity index (χ3v) is 1.78. The van der Waals surface area contributed by atoms with Crippen LogP contribution in [0.2, 0.25) is 0 Å². The zero-order valence-electron chi connectivity index (χ0n) is 7.58. The SMILES string of the molecule is COCCC[N@@]1CC1C(=O)[O-].[Li+]. The molecule has 64 valence electrons. The molecule has 0 saturated carbocycles. The van der Waals surface area contributed by atoms with Crippen LogP contribution in [0, 0.1) is 0 Å². The van der Waals surface area contributed by atoms with Gasteiger partial charge in [0.25, 0.3) is 0 Å². The van der Waals surface area contributed by atoms with Crippen molar-refractivity contribution in [2.24, 2.45) is 0 Å². The number of nitrogens with zero attached hydrogens (tertiary/aromatic N) is 1. The van der Waals surface area contributed by atoms with Crippen LogP contribution >= 0.6 is 0 Å². The monoisotopic (exact) mass is 165 g/mol. The van der Waals surface area contributed by atoms with Crippen molar-refractivity contribution in [1.82, 2.24) is 4.90 Å². The Labute approximate surface area is 84.0 Å². The second-order valence-electron chi connectivity index (χ2n) is 2.68. The first-order chi connectivity index (χ1) is 5.25. The van der Waals surface area contributed by atoms with Gasteiger partial charge in [-0.25, -0.2) is 0 Å². The summed E-state index contributed by atoms with van der Waals surface area (Å²) < 4.78 is 4.83. The first-order valence-corrected chi connectivity index (χ1v) is 3.69. The molecule has 0 bridgehead atoms. The van der Waals surface area contributed by atoms with E-state index in [0.29, 0.717) is 13.2 Å². The average Bonchev–Trinajstić information content (AvgIpc) is 2.68. The number of aliphatic carboxylic acids is 1. The van der Waals surface area contributed by atoms with Crippen LogP contribution in [-0.4, -0.2) is 43.7 Å². The summed E-state index contributed by atoms with van der Waals surface area (Å²) in [5, 5.41) is 10.2. The van der Waals surface area contributed by atoms with Crippen molar-refractivity contribution < 1.29 is 33.5 Å². The Kier molecular flexibility index (Phi) is 5.60. The Bertz CT molecular complexity index is 154. The van der Waals surface area contributed by atoms with Crippen molar-refractivity contribution in [1.29, 1.82) is 0 Å². The molecule has 4 nitrogen and oxygen atoms in total. The predicted molar refractivity (Wildman–Crippen MR) is 36.9 cm³/mol. The summed E-state index contributed by atoms with van der Waals surface area (Å²) in [6.07, 6.45) is 0.889. The van der Waals surface area contributed by atoms with Gasteiger partial charge in [0.1, 0.15) is 0 Å². The summed E-state index contributed by atoms with van der Waals surface area (Å²) >= 11 is 0. The van der Waals surface area contributed by atoms with Crippen molar-refractivity contribution in [2.75, 3.05) is 26.8 Å². The van der Waals surface area contributed by atoms with Crippen LogP contribution < -0.4 is 24.0 Å². The molecular weight excluding hydrogens is 153 g/mol. The molecule has 12 heavy (non-hydrogen) atoms. The standard InChI is InChI=1S/C7H13NO3.Li/c1-11-4-2-3-8-5-6(8)7(9)10;/h6H,2-5H2,1H3,(H,9,10);/q;+1/p-1/t6?,8-;/m0./s1. The van der Waals surface area contributed by atoms with E-state index in [1.54, 1.807) is 7.11 Å². The molecule has 1 fully saturated rings. The van der Waals surface area contributed by atoms with E-state index in [0.717, 1.165) is 13.0 Å². The minimum atomic E-state index is -0.956. The molecule has 0 N–H and O–H groups in total. The molecule has 0 radical (unpaired) electrons. The maximum atomic E-state index is 10.2. The number of carboxylic acids is 1. The van der Waals surface area contributed by atoms with Crippen molar-refractivity contribution in [3.05, 3.63) is 0 Å². The quantitative estimate of drug-likeness (QED) is 0.234. The molecule has 0 aromatic carbocycles. The van der Waals surface area contributed by atoms with Crippen molar-refractivity contribution in [3.63, 3.8) is 0 Å². The minimum absolute atomic E-state index is 0. The first kappa shape index (κ1) is 12.0. The number of ether oxygens (including phenoxy) is 1. The molecule has 1 unspecified atom stereocenters. The number of methoxy groups -OCH3 is 1. The molecule has 1 aliphatic rings. The number of carboxylic acid groups (broad SMARTS) is 1. The topological polar surface area (TPSA) is 52.4 Å². The van der Waals surface area contributed by atoms with Gasteiger partial charge in [-0.1, -0.05) is 0 Å². The number of hydrogen-bond acceptors (Lipinski definition) is 4. The van der Waals surface area contributed by atoms with Crippen LogP contribution in [0.25, 0.3) is 0 Å². The van der Waals surface area contributed by atoms with Gasteiger partial charge in [-0.05, 0) is 6.42 Å². The molecule has 0 aliphatic carbocycles. The van der Waals surface area contributed by atoms with Crippen LogP contribution in [-0.2, 0) is 9.53 Å². The maximum absolute atomic E-state index is 10.2. The van der Waals surface area contributed by atoms with Crippen LogP contribution in [0.4, 0.5) is 0 Å². The number of carbonyl (C=O) groups excluding carboxylic acids is 1. The molecule has 1 aliphatic heterocycles. The summed E-state index contributed by atoms with van der Waals surface area (Å²) in [6, 6.07) is -0.327. The predicted octanol–water partition coefficient (Wildman–Crippen LogP) is -4.54. The fourth-order valence-electron chi connectivity index (χ4n) is 1.06. The van der Waals surface area contributed by atoms with Crippen LogP contribution in [0.3, 0.4) is 0 Å². The van der Waals surface area contributed by atoms with Crippen LogP contribution in [0.1, 0.15) is 6.42 Å². The van der Waals surface area contributed by atoms with Gasteiger partial charge in [-0.3, -0.25) is 4.90 Å². The Balaban J connectivity index is 0.00000121. The van der Waals surface area contributed by atoms with Gasteiger partial charge >= 0.3 is 18.9 Å². The van der Waals surface area contributed by atoms with Gasteiger partial charge in [-0.2, -0.15) is 0 Å². The number of hydrogen-bond donors (Lipinski definition) is 0. The molecule has 1 saturated heterocycles. The van der Waals surface area contributed by atoms with Gasteiger partial charge in [0.2, 0.25) is 0 Å². The molecule has 5 heteroatoms. The van der Waals surface area contributed by atoms with E-state index >= 15 is 0 Å². The normalized spacial score (nSPS) is 26.1. The molecule has 0 spiro atoms. The summed E-state index contributed by atoms with van der Waals surface area (Å²) in [7, 11) is 1.64. The largest absolute Gasteiger partial charge is 1.00 e. The Morgan fingerprint density at radius 3 is 2.83 bits per heavy atom. The average molecular weight is 165 g/mol. The second-order valence-corrected chi connectivity index (χ2v) is 2.68. The van der Waals surface area contributed by atoms with E-state index in [9.17, 15) is 9.90 Å². The summed E-state index contributed by atoms with van der Waals surface area (Å²) in [4.78, 5) is 12.1. The van der Waals surface area contributed by atoms with Gasteiger partial charge < -0.3 is 14.6 Å². The molecule has 0 aromatic rings. The van der Waals surface area contributed by atoms with E-state index < -0.39 is 5.97 Å². The molecule has 0 aromatic heterocycles.